The first-order valence-corrected chi connectivity index (χ1v) is 7.74. The molecule has 2 saturated carbocycles. The van der Waals surface area contributed by atoms with Crippen LogP contribution in [0, 0.1) is 17.8 Å². The molecule has 2 bridgehead atoms. The molecule has 1 aromatic rings. The summed E-state index contributed by atoms with van der Waals surface area (Å²) in [5.41, 5.74) is 7.31. The Kier molecular flexibility index (Phi) is 3.89. The van der Waals surface area contributed by atoms with Gasteiger partial charge < -0.3 is 15.4 Å². The molecule has 2 fully saturated rings. The van der Waals surface area contributed by atoms with E-state index in [4.69, 9.17) is 10.5 Å². The Morgan fingerprint density at radius 3 is 2.71 bits per heavy atom. The van der Waals surface area contributed by atoms with E-state index in [2.05, 4.69) is 0 Å². The second-order valence-electron chi connectivity index (χ2n) is 6.44. The third kappa shape index (κ3) is 2.53. The molecule has 2 aliphatic carbocycles. The Morgan fingerprint density at radius 2 is 2.05 bits per heavy atom. The van der Waals surface area contributed by atoms with Gasteiger partial charge in [0.15, 0.2) is 0 Å². The summed E-state index contributed by atoms with van der Waals surface area (Å²) in [5, 5.41) is 0. The number of hydrogen-bond donors (Lipinski definition) is 1. The molecule has 4 nitrogen and oxygen atoms in total. The first kappa shape index (κ1) is 14.4. The van der Waals surface area contributed by atoms with E-state index in [9.17, 15) is 4.79 Å². The van der Waals surface area contributed by atoms with E-state index in [0.717, 1.165) is 24.2 Å². The van der Waals surface area contributed by atoms with Crippen molar-refractivity contribution in [1.82, 2.24) is 4.90 Å². The first-order chi connectivity index (χ1) is 10.1. The number of carbonyl (C=O) groups is 1. The van der Waals surface area contributed by atoms with Gasteiger partial charge in [-0.15, -0.1) is 0 Å². The largest absolute Gasteiger partial charge is 0.496 e. The summed E-state index contributed by atoms with van der Waals surface area (Å²) in [7, 11) is 3.53. The number of hydrogen-bond acceptors (Lipinski definition) is 3. The van der Waals surface area contributed by atoms with Gasteiger partial charge in [-0.2, -0.15) is 0 Å². The number of nitrogens with zero attached hydrogens (tertiary/aromatic N) is 1. The fourth-order valence-corrected chi connectivity index (χ4v) is 4.12. The number of amides is 1. The fraction of sp³-hybridized carbons (Fsp3) is 0.588. The van der Waals surface area contributed by atoms with E-state index < -0.39 is 0 Å². The van der Waals surface area contributed by atoms with Crippen LogP contribution in [0.2, 0.25) is 0 Å². The second-order valence-corrected chi connectivity index (χ2v) is 6.44. The second kappa shape index (κ2) is 5.68. The quantitative estimate of drug-likeness (QED) is 0.922. The SMILES string of the molecule is COc1ccccc1CN(C)C(=O)C1C2CCC(C2)C1N. The minimum absolute atomic E-state index is 0.0171. The van der Waals surface area contributed by atoms with E-state index >= 15 is 0 Å². The van der Waals surface area contributed by atoms with Gasteiger partial charge in [-0.3, -0.25) is 4.79 Å². The number of fused-ring (bicyclic) bond motifs is 2. The number of carbonyl (C=O) groups excluding carboxylic acids is 1. The minimum Gasteiger partial charge on any atom is -0.496 e. The minimum atomic E-state index is 0.0171. The van der Waals surface area contributed by atoms with Gasteiger partial charge in [-0.25, -0.2) is 0 Å². The zero-order chi connectivity index (χ0) is 15.0. The standard InChI is InChI=1S/C17H24N2O2/c1-19(10-13-5-3-4-6-14(13)21-2)17(20)15-11-7-8-12(9-11)16(15)18/h3-6,11-12,15-16H,7-10,18H2,1-2H3. The fourth-order valence-electron chi connectivity index (χ4n) is 4.12. The van der Waals surface area contributed by atoms with Crippen LogP contribution in [0.3, 0.4) is 0 Å². The molecule has 4 unspecified atom stereocenters. The lowest BCUT2D eigenvalue weighted by Gasteiger charge is -2.31. The maximum absolute atomic E-state index is 12.8. The first-order valence-electron chi connectivity index (χ1n) is 7.74. The summed E-state index contributed by atoms with van der Waals surface area (Å²) in [6.45, 7) is 0.573. The lowest BCUT2D eigenvalue weighted by atomic mass is 9.84. The average molecular weight is 288 g/mol. The van der Waals surface area contributed by atoms with E-state index in [1.165, 1.54) is 6.42 Å². The van der Waals surface area contributed by atoms with Gasteiger partial charge in [0.2, 0.25) is 5.91 Å². The molecule has 0 saturated heterocycles. The maximum Gasteiger partial charge on any atom is 0.227 e. The van der Waals surface area contributed by atoms with Crippen LogP contribution in [0.15, 0.2) is 24.3 Å². The highest BCUT2D eigenvalue weighted by atomic mass is 16.5. The van der Waals surface area contributed by atoms with E-state index in [1.54, 1.807) is 7.11 Å². The molecule has 1 amide bonds. The van der Waals surface area contributed by atoms with Crippen molar-refractivity contribution < 1.29 is 9.53 Å². The van der Waals surface area contributed by atoms with Gasteiger partial charge in [0, 0.05) is 25.2 Å². The molecule has 1 aromatic carbocycles. The van der Waals surface area contributed by atoms with Crippen molar-refractivity contribution in [3.05, 3.63) is 29.8 Å². The molecule has 0 radical (unpaired) electrons. The highest BCUT2D eigenvalue weighted by Gasteiger charge is 2.49. The van der Waals surface area contributed by atoms with Crippen molar-refractivity contribution in [3.8, 4) is 5.75 Å². The molecule has 0 spiro atoms. The predicted octanol–water partition coefficient (Wildman–Crippen LogP) is 2.03. The van der Waals surface area contributed by atoms with Crippen molar-refractivity contribution in [1.29, 1.82) is 0 Å². The summed E-state index contributed by atoms with van der Waals surface area (Å²) in [5.74, 6) is 2.10. The summed E-state index contributed by atoms with van der Waals surface area (Å²) in [4.78, 5) is 14.6. The molecule has 0 aliphatic heterocycles. The van der Waals surface area contributed by atoms with Crippen LogP contribution in [0.25, 0.3) is 0 Å². The molecule has 21 heavy (non-hydrogen) atoms. The molecule has 4 heteroatoms. The van der Waals surface area contributed by atoms with Crippen LogP contribution < -0.4 is 10.5 Å². The van der Waals surface area contributed by atoms with Gasteiger partial charge in [0.25, 0.3) is 0 Å². The predicted molar refractivity (Wildman–Crippen MR) is 81.8 cm³/mol. The number of nitrogens with two attached hydrogens (primary N) is 1. The zero-order valence-corrected chi connectivity index (χ0v) is 12.8. The normalized spacial score (nSPS) is 30.4. The Hall–Kier alpha value is -1.55. The highest BCUT2D eigenvalue weighted by Crippen LogP contribution is 2.48. The lowest BCUT2D eigenvalue weighted by Crippen LogP contribution is -2.45. The highest BCUT2D eigenvalue weighted by molar-refractivity contribution is 5.80. The van der Waals surface area contributed by atoms with Crippen LogP contribution in [-0.4, -0.2) is 31.0 Å². The number of benzene rings is 1. The van der Waals surface area contributed by atoms with Crippen LogP contribution in [0.4, 0.5) is 0 Å². The number of ether oxygens (including phenoxy) is 1. The van der Waals surface area contributed by atoms with Crippen molar-refractivity contribution in [2.75, 3.05) is 14.2 Å². The molecule has 0 aromatic heterocycles. The Labute approximate surface area is 126 Å². The Balaban J connectivity index is 1.70. The van der Waals surface area contributed by atoms with Gasteiger partial charge in [0.1, 0.15) is 5.75 Å². The van der Waals surface area contributed by atoms with Crippen LogP contribution in [-0.2, 0) is 11.3 Å². The van der Waals surface area contributed by atoms with Crippen molar-refractivity contribution in [2.45, 2.75) is 31.8 Å². The van der Waals surface area contributed by atoms with E-state index in [-0.39, 0.29) is 17.9 Å². The molecule has 4 atom stereocenters. The molecule has 114 valence electrons. The van der Waals surface area contributed by atoms with Gasteiger partial charge in [-0.05, 0) is 37.2 Å². The average Bonchev–Trinajstić information content (AvgIpc) is 3.08. The monoisotopic (exact) mass is 288 g/mol. The third-order valence-electron chi connectivity index (χ3n) is 5.24. The van der Waals surface area contributed by atoms with Crippen molar-refractivity contribution in [3.63, 3.8) is 0 Å². The molecule has 2 aliphatic rings. The Bertz CT molecular complexity index is 529. The van der Waals surface area contributed by atoms with Gasteiger partial charge in [-0.1, -0.05) is 18.2 Å². The molecular weight excluding hydrogens is 264 g/mol. The molecule has 3 rings (SSSR count). The summed E-state index contributed by atoms with van der Waals surface area (Å²) >= 11 is 0. The van der Waals surface area contributed by atoms with Crippen LogP contribution in [0.5, 0.6) is 5.75 Å². The van der Waals surface area contributed by atoms with Crippen molar-refractivity contribution in [2.24, 2.45) is 23.5 Å². The molecular formula is C17H24N2O2. The Morgan fingerprint density at radius 1 is 1.33 bits per heavy atom. The summed E-state index contributed by atoms with van der Waals surface area (Å²) in [6, 6.07) is 7.90. The van der Waals surface area contributed by atoms with Gasteiger partial charge in [0.05, 0.1) is 13.0 Å². The van der Waals surface area contributed by atoms with Crippen LogP contribution in [0.1, 0.15) is 24.8 Å². The lowest BCUT2D eigenvalue weighted by molar-refractivity contribution is -0.137. The summed E-state index contributed by atoms with van der Waals surface area (Å²) in [6.07, 6.45) is 3.50. The molecule has 2 N–H and O–H groups in total. The summed E-state index contributed by atoms with van der Waals surface area (Å²) < 4.78 is 5.36. The topological polar surface area (TPSA) is 55.6 Å². The zero-order valence-electron chi connectivity index (χ0n) is 12.8. The number of methoxy groups -OCH3 is 1. The van der Waals surface area contributed by atoms with Crippen LogP contribution >= 0.6 is 0 Å². The van der Waals surface area contributed by atoms with Crippen molar-refractivity contribution >= 4 is 5.91 Å². The van der Waals surface area contributed by atoms with E-state index in [1.807, 2.05) is 36.2 Å². The maximum atomic E-state index is 12.8. The smallest absolute Gasteiger partial charge is 0.227 e. The van der Waals surface area contributed by atoms with E-state index in [0.29, 0.717) is 18.4 Å². The molecule has 0 heterocycles. The number of rotatable bonds is 4. The van der Waals surface area contributed by atoms with Gasteiger partial charge >= 0.3 is 0 Å². The third-order valence-corrected chi connectivity index (χ3v) is 5.24. The number of para-hydroxylation sites is 1.